The van der Waals surface area contributed by atoms with Gasteiger partial charge in [-0.05, 0) is 68.0 Å². The lowest BCUT2D eigenvalue weighted by molar-refractivity contribution is 0.0937. The summed E-state index contributed by atoms with van der Waals surface area (Å²) in [6, 6.07) is 11.4. The number of amides is 2. The average molecular weight is 424 g/mol. The maximum Gasteiger partial charge on any atom is 0.257 e. The van der Waals surface area contributed by atoms with Gasteiger partial charge in [0, 0.05) is 32.9 Å². The average Bonchev–Trinajstić information content (AvgIpc) is 2.61. The van der Waals surface area contributed by atoms with Crippen molar-refractivity contribution in [3.8, 4) is 0 Å². The van der Waals surface area contributed by atoms with Crippen molar-refractivity contribution >= 4 is 58.0 Å². The highest BCUT2D eigenvalue weighted by molar-refractivity contribution is 7.80. The number of anilines is 1. The molecule has 0 bridgehead atoms. The van der Waals surface area contributed by atoms with Gasteiger partial charge in [0.05, 0.1) is 0 Å². The van der Waals surface area contributed by atoms with Crippen molar-refractivity contribution in [2.45, 2.75) is 26.3 Å². The van der Waals surface area contributed by atoms with Crippen molar-refractivity contribution in [2.75, 3.05) is 5.32 Å². The molecule has 0 aliphatic carbocycles. The molecule has 0 saturated heterocycles. The van der Waals surface area contributed by atoms with Crippen LogP contribution >= 0.6 is 35.4 Å². The molecule has 0 aliphatic rings. The molecule has 0 heterocycles. The number of carbonyl (C=O) groups is 2. The third-order valence-corrected chi connectivity index (χ3v) is 4.39. The smallest absolute Gasteiger partial charge is 0.257 e. The van der Waals surface area contributed by atoms with Crippen molar-refractivity contribution < 1.29 is 9.59 Å². The van der Waals surface area contributed by atoms with Crippen LogP contribution in [0.5, 0.6) is 0 Å². The van der Waals surface area contributed by atoms with E-state index in [2.05, 4.69) is 16.0 Å². The predicted octanol–water partition coefficient (Wildman–Crippen LogP) is 4.65. The molecule has 0 radical (unpaired) electrons. The van der Waals surface area contributed by atoms with E-state index in [1.54, 1.807) is 24.3 Å². The number of thiocarbonyl (C=S) groups is 1. The Morgan fingerprint density at radius 1 is 1.00 bits per heavy atom. The van der Waals surface area contributed by atoms with Crippen LogP contribution in [-0.4, -0.2) is 23.0 Å². The van der Waals surface area contributed by atoms with E-state index in [0.29, 0.717) is 26.9 Å². The summed E-state index contributed by atoms with van der Waals surface area (Å²) in [6.07, 6.45) is 0.858. The second-order valence-corrected chi connectivity index (χ2v) is 7.21. The molecule has 5 nitrogen and oxygen atoms in total. The Kier molecular flexibility index (Phi) is 7.59. The molecule has 2 rings (SSSR count). The summed E-state index contributed by atoms with van der Waals surface area (Å²) in [5, 5.41) is 9.18. The summed E-state index contributed by atoms with van der Waals surface area (Å²) >= 11 is 16.9. The van der Waals surface area contributed by atoms with Gasteiger partial charge in [0.1, 0.15) is 0 Å². The molecule has 1 unspecified atom stereocenters. The fraction of sp³-hybridized carbons (Fsp3) is 0.211. The van der Waals surface area contributed by atoms with Crippen LogP contribution in [0.4, 0.5) is 5.69 Å². The van der Waals surface area contributed by atoms with Crippen LogP contribution in [-0.2, 0) is 0 Å². The molecular formula is C19H19Cl2N3O2S. The summed E-state index contributed by atoms with van der Waals surface area (Å²) < 4.78 is 0. The van der Waals surface area contributed by atoms with Crippen LogP contribution in [0.2, 0.25) is 10.0 Å². The lowest BCUT2D eigenvalue weighted by atomic mass is 10.1. The van der Waals surface area contributed by atoms with E-state index >= 15 is 0 Å². The van der Waals surface area contributed by atoms with E-state index in [9.17, 15) is 9.59 Å². The van der Waals surface area contributed by atoms with Gasteiger partial charge in [0.25, 0.3) is 11.8 Å². The first-order chi connectivity index (χ1) is 12.8. The van der Waals surface area contributed by atoms with E-state index in [1.807, 2.05) is 13.8 Å². The highest BCUT2D eigenvalue weighted by Crippen LogP contribution is 2.19. The minimum atomic E-state index is -0.429. The van der Waals surface area contributed by atoms with E-state index in [4.69, 9.17) is 35.4 Å². The van der Waals surface area contributed by atoms with Crippen LogP contribution < -0.4 is 16.0 Å². The minimum absolute atomic E-state index is 0.109. The van der Waals surface area contributed by atoms with Crippen molar-refractivity contribution in [1.82, 2.24) is 10.6 Å². The lowest BCUT2D eigenvalue weighted by Gasteiger charge is -2.12. The van der Waals surface area contributed by atoms with Gasteiger partial charge in [0.15, 0.2) is 5.11 Å². The molecule has 3 N–H and O–H groups in total. The number of halogens is 2. The van der Waals surface area contributed by atoms with Gasteiger partial charge < -0.3 is 10.6 Å². The van der Waals surface area contributed by atoms with Gasteiger partial charge >= 0.3 is 0 Å². The molecule has 2 aromatic carbocycles. The van der Waals surface area contributed by atoms with E-state index in [-0.39, 0.29) is 17.1 Å². The number of carbonyl (C=O) groups excluding carboxylic acids is 2. The normalized spacial score (nSPS) is 11.4. The third-order valence-electron chi connectivity index (χ3n) is 3.75. The summed E-state index contributed by atoms with van der Waals surface area (Å²) in [4.78, 5) is 24.3. The van der Waals surface area contributed by atoms with Crippen molar-refractivity contribution in [1.29, 1.82) is 0 Å². The topological polar surface area (TPSA) is 70.2 Å². The zero-order valence-electron chi connectivity index (χ0n) is 14.8. The van der Waals surface area contributed by atoms with E-state index in [1.165, 1.54) is 18.2 Å². The van der Waals surface area contributed by atoms with Crippen LogP contribution in [0.3, 0.4) is 0 Å². The fourth-order valence-electron chi connectivity index (χ4n) is 2.14. The van der Waals surface area contributed by atoms with Gasteiger partial charge in [-0.3, -0.25) is 14.9 Å². The highest BCUT2D eigenvalue weighted by atomic mass is 35.5. The van der Waals surface area contributed by atoms with Crippen LogP contribution in [0.1, 0.15) is 41.0 Å². The molecule has 0 spiro atoms. The lowest BCUT2D eigenvalue weighted by Crippen LogP contribution is -2.34. The van der Waals surface area contributed by atoms with Gasteiger partial charge in [-0.25, -0.2) is 0 Å². The van der Waals surface area contributed by atoms with E-state index < -0.39 is 5.91 Å². The quantitative estimate of drug-likeness (QED) is 0.612. The highest BCUT2D eigenvalue weighted by Gasteiger charge is 2.11. The summed E-state index contributed by atoms with van der Waals surface area (Å²) in [5.41, 5.74) is 1.49. The Morgan fingerprint density at radius 2 is 1.59 bits per heavy atom. The zero-order valence-corrected chi connectivity index (χ0v) is 17.1. The maximum absolute atomic E-state index is 12.2. The standard InChI is InChI=1S/C19H19Cl2N3O2S/c1-3-11(2)22-17(25)12-4-6-16(7-5-12)23-19(27)24-18(26)13-8-14(20)10-15(21)9-13/h4-11H,3H2,1-2H3,(H,22,25)(H2,23,24,26,27). The third kappa shape index (κ3) is 6.50. The molecule has 142 valence electrons. The zero-order chi connectivity index (χ0) is 20.0. The van der Waals surface area contributed by atoms with Crippen LogP contribution in [0.15, 0.2) is 42.5 Å². The van der Waals surface area contributed by atoms with Gasteiger partial charge in [-0.2, -0.15) is 0 Å². The molecule has 0 saturated carbocycles. The molecular weight excluding hydrogens is 405 g/mol. The maximum atomic E-state index is 12.2. The number of benzene rings is 2. The van der Waals surface area contributed by atoms with Crippen LogP contribution in [0.25, 0.3) is 0 Å². The summed E-state index contributed by atoms with van der Waals surface area (Å²) in [6.45, 7) is 3.95. The molecule has 0 aromatic heterocycles. The number of nitrogens with one attached hydrogen (secondary N) is 3. The number of rotatable bonds is 5. The SMILES string of the molecule is CCC(C)NC(=O)c1ccc(NC(=S)NC(=O)c2cc(Cl)cc(Cl)c2)cc1. The molecule has 8 heteroatoms. The number of hydrogen-bond donors (Lipinski definition) is 3. The minimum Gasteiger partial charge on any atom is -0.350 e. The van der Waals surface area contributed by atoms with Crippen LogP contribution in [0, 0.1) is 0 Å². The van der Waals surface area contributed by atoms with E-state index in [0.717, 1.165) is 6.42 Å². The van der Waals surface area contributed by atoms with Gasteiger partial charge in [-0.1, -0.05) is 30.1 Å². The first-order valence-electron chi connectivity index (χ1n) is 8.28. The first kappa shape index (κ1) is 21.2. The Hall–Kier alpha value is -2.15. The summed E-state index contributed by atoms with van der Waals surface area (Å²) in [7, 11) is 0. The first-order valence-corrected chi connectivity index (χ1v) is 9.44. The second-order valence-electron chi connectivity index (χ2n) is 5.93. The van der Waals surface area contributed by atoms with Crippen molar-refractivity contribution in [3.05, 3.63) is 63.6 Å². The Bertz CT molecular complexity index is 836. The molecule has 0 aliphatic heterocycles. The second kappa shape index (κ2) is 9.69. The van der Waals surface area contributed by atoms with Gasteiger partial charge in [-0.15, -0.1) is 0 Å². The van der Waals surface area contributed by atoms with Crippen molar-refractivity contribution in [3.63, 3.8) is 0 Å². The number of hydrogen-bond acceptors (Lipinski definition) is 3. The Labute approximate surface area is 173 Å². The molecule has 0 fully saturated rings. The monoisotopic (exact) mass is 423 g/mol. The van der Waals surface area contributed by atoms with Crippen molar-refractivity contribution in [2.24, 2.45) is 0 Å². The Morgan fingerprint density at radius 3 is 2.15 bits per heavy atom. The molecule has 2 amide bonds. The predicted molar refractivity (Wildman–Crippen MR) is 114 cm³/mol. The summed E-state index contributed by atoms with van der Waals surface area (Å²) in [5.74, 6) is -0.564. The largest absolute Gasteiger partial charge is 0.350 e. The fourth-order valence-corrected chi connectivity index (χ4v) is 2.87. The van der Waals surface area contributed by atoms with Gasteiger partial charge in [0.2, 0.25) is 0 Å². The molecule has 1 atom stereocenters. The molecule has 27 heavy (non-hydrogen) atoms. The Balaban J connectivity index is 1.95. The molecule has 2 aromatic rings.